The number of benzene rings is 3. The highest BCUT2D eigenvalue weighted by Crippen LogP contribution is 2.25. The predicted molar refractivity (Wildman–Crippen MR) is 99.4 cm³/mol. The van der Waals surface area contributed by atoms with E-state index in [1.807, 2.05) is 37.3 Å². The first-order valence-electron chi connectivity index (χ1n) is 7.71. The molecule has 0 aromatic heterocycles. The SMILES string of the molecule is Cc1ccc(C)c(S(=O)(=O)NN=Cc2c(O)ccc3ccccc23)c1. The number of hydrogen-bond acceptors (Lipinski definition) is 4. The van der Waals surface area contributed by atoms with Crippen molar-refractivity contribution in [2.75, 3.05) is 0 Å². The summed E-state index contributed by atoms with van der Waals surface area (Å²) in [7, 11) is -3.78. The Balaban J connectivity index is 1.94. The van der Waals surface area contributed by atoms with Crippen molar-refractivity contribution < 1.29 is 13.5 Å². The first-order valence-corrected chi connectivity index (χ1v) is 9.19. The van der Waals surface area contributed by atoms with Crippen molar-refractivity contribution in [2.24, 2.45) is 5.10 Å². The van der Waals surface area contributed by atoms with Gasteiger partial charge in [0, 0.05) is 5.56 Å². The quantitative estimate of drug-likeness (QED) is 0.556. The van der Waals surface area contributed by atoms with Crippen molar-refractivity contribution in [1.82, 2.24) is 4.83 Å². The van der Waals surface area contributed by atoms with Crippen LogP contribution in [0.15, 0.2) is 64.6 Å². The maximum Gasteiger partial charge on any atom is 0.276 e. The van der Waals surface area contributed by atoms with Crippen LogP contribution in [0.5, 0.6) is 5.75 Å². The Bertz CT molecular complexity index is 1070. The Morgan fingerprint density at radius 3 is 2.60 bits per heavy atom. The van der Waals surface area contributed by atoms with E-state index in [4.69, 9.17) is 0 Å². The summed E-state index contributed by atoms with van der Waals surface area (Å²) in [5.41, 5.74) is 1.95. The second kappa shape index (κ2) is 6.57. The molecule has 3 rings (SSSR count). The molecule has 5 nitrogen and oxygen atoms in total. The molecular weight excluding hydrogens is 336 g/mol. The van der Waals surface area contributed by atoms with Gasteiger partial charge in [-0.25, -0.2) is 4.83 Å². The van der Waals surface area contributed by atoms with Gasteiger partial charge in [-0.3, -0.25) is 0 Å². The largest absolute Gasteiger partial charge is 0.507 e. The molecule has 0 saturated heterocycles. The number of phenolic OH excluding ortho intramolecular Hbond substituents is 1. The van der Waals surface area contributed by atoms with Crippen LogP contribution in [0.2, 0.25) is 0 Å². The Labute approximate surface area is 146 Å². The fourth-order valence-electron chi connectivity index (χ4n) is 2.63. The minimum Gasteiger partial charge on any atom is -0.507 e. The molecule has 0 heterocycles. The monoisotopic (exact) mass is 354 g/mol. The van der Waals surface area contributed by atoms with E-state index in [0.29, 0.717) is 11.1 Å². The summed E-state index contributed by atoms with van der Waals surface area (Å²) < 4.78 is 24.9. The summed E-state index contributed by atoms with van der Waals surface area (Å²) >= 11 is 0. The zero-order valence-electron chi connectivity index (χ0n) is 13.9. The third-order valence-electron chi connectivity index (χ3n) is 3.95. The van der Waals surface area contributed by atoms with Crippen LogP contribution in [0.3, 0.4) is 0 Å². The molecule has 0 saturated carbocycles. The minimum atomic E-state index is -3.78. The third-order valence-corrected chi connectivity index (χ3v) is 5.31. The zero-order chi connectivity index (χ0) is 18.0. The van der Waals surface area contributed by atoms with Crippen molar-refractivity contribution in [3.63, 3.8) is 0 Å². The van der Waals surface area contributed by atoms with E-state index < -0.39 is 10.0 Å². The van der Waals surface area contributed by atoms with Crippen LogP contribution in [0.25, 0.3) is 10.8 Å². The predicted octanol–water partition coefficient (Wildman–Crippen LogP) is 3.47. The van der Waals surface area contributed by atoms with Crippen molar-refractivity contribution >= 4 is 27.0 Å². The molecule has 25 heavy (non-hydrogen) atoms. The highest BCUT2D eigenvalue weighted by molar-refractivity contribution is 7.89. The number of hydrogen-bond donors (Lipinski definition) is 2. The normalized spacial score (nSPS) is 11.9. The van der Waals surface area contributed by atoms with E-state index in [1.165, 1.54) is 6.21 Å². The summed E-state index contributed by atoms with van der Waals surface area (Å²) in [5, 5.41) is 15.6. The van der Waals surface area contributed by atoms with Crippen LogP contribution in [-0.4, -0.2) is 19.7 Å². The van der Waals surface area contributed by atoms with Gasteiger partial charge in [-0.1, -0.05) is 42.5 Å². The van der Waals surface area contributed by atoms with Crippen LogP contribution >= 0.6 is 0 Å². The van der Waals surface area contributed by atoms with Crippen LogP contribution in [0, 0.1) is 13.8 Å². The lowest BCUT2D eigenvalue weighted by molar-refractivity contribution is 0.475. The summed E-state index contributed by atoms with van der Waals surface area (Å²) in [4.78, 5) is 2.40. The van der Waals surface area contributed by atoms with Crippen LogP contribution in [0.4, 0.5) is 0 Å². The van der Waals surface area contributed by atoms with Gasteiger partial charge in [0.25, 0.3) is 10.0 Å². The van der Waals surface area contributed by atoms with E-state index in [0.717, 1.165) is 16.3 Å². The molecule has 2 N–H and O–H groups in total. The molecule has 0 aliphatic heterocycles. The number of hydrazone groups is 1. The molecule has 0 bridgehead atoms. The molecule has 3 aromatic rings. The van der Waals surface area contributed by atoms with Gasteiger partial charge in [-0.15, -0.1) is 0 Å². The average Bonchev–Trinajstić information content (AvgIpc) is 2.59. The molecule has 128 valence electrons. The number of fused-ring (bicyclic) bond motifs is 1. The molecule has 0 aliphatic carbocycles. The van der Waals surface area contributed by atoms with Crippen molar-refractivity contribution in [3.8, 4) is 5.75 Å². The molecule has 0 spiro atoms. The standard InChI is InChI=1S/C19H18N2O3S/c1-13-7-8-14(2)19(11-13)25(23,24)21-20-12-17-16-6-4-3-5-15(16)9-10-18(17)22/h3-12,21-22H,1-2H3. The van der Waals surface area contributed by atoms with Gasteiger partial charge in [-0.2, -0.15) is 13.5 Å². The Hall–Kier alpha value is -2.86. The molecule has 0 fully saturated rings. The lowest BCUT2D eigenvalue weighted by Gasteiger charge is -2.08. The second-order valence-electron chi connectivity index (χ2n) is 5.84. The van der Waals surface area contributed by atoms with Gasteiger partial charge < -0.3 is 5.11 Å². The first-order chi connectivity index (χ1) is 11.9. The zero-order valence-corrected chi connectivity index (χ0v) is 14.7. The summed E-state index contributed by atoms with van der Waals surface area (Å²) in [5.74, 6) is 0.0355. The Morgan fingerprint density at radius 1 is 1.04 bits per heavy atom. The van der Waals surface area contributed by atoms with Crippen molar-refractivity contribution in [3.05, 3.63) is 71.3 Å². The van der Waals surface area contributed by atoms with E-state index >= 15 is 0 Å². The van der Waals surface area contributed by atoms with Gasteiger partial charge in [-0.05, 0) is 47.9 Å². The third kappa shape index (κ3) is 3.49. The smallest absolute Gasteiger partial charge is 0.276 e. The fourth-order valence-corrected chi connectivity index (χ4v) is 3.75. The molecule has 0 amide bonds. The molecule has 0 unspecified atom stereocenters. The number of rotatable bonds is 4. The molecule has 0 atom stereocenters. The molecule has 3 aromatic carbocycles. The maximum absolute atomic E-state index is 12.5. The van der Waals surface area contributed by atoms with E-state index in [2.05, 4.69) is 9.93 Å². The molecule has 0 radical (unpaired) electrons. The van der Waals surface area contributed by atoms with E-state index in [-0.39, 0.29) is 10.6 Å². The first kappa shape index (κ1) is 17.0. The van der Waals surface area contributed by atoms with Gasteiger partial charge in [0.05, 0.1) is 11.1 Å². The van der Waals surface area contributed by atoms with E-state index in [9.17, 15) is 13.5 Å². The lowest BCUT2D eigenvalue weighted by atomic mass is 10.0. The number of nitrogens with one attached hydrogen (secondary N) is 1. The minimum absolute atomic E-state index is 0.0355. The highest BCUT2D eigenvalue weighted by Gasteiger charge is 2.16. The molecular formula is C19H18N2O3S. The molecule has 6 heteroatoms. The number of sulfonamides is 1. The second-order valence-corrected chi connectivity index (χ2v) is 7.47. The Kier molecular flexibility index (Phi) is 4.46. The summed E-state index contributed by atoms with van der Waals surface area (Å²) in [6.07, 6.45) is 1.32. The molecule has 0 aliphatic rings. The maximum atomic E-state index is 12.5. The van der Waals surface area contributed by atoms with Gasteiger partial charge in [0.15, 0.2) is 0 Å². The van der Waals surface area contributed by atoms with Crippen LogP contribution < -0.4 is 4.83 Å². The van der Waals surface area contributed by atoms with Crippen molar-refractivity contribution in [2.45, 2.75) is 18.7 Å². The van der Waals surface area contributed by atoms with E-state index in [1.54, 1.807) is 31.2 Å². The number of nitrogens with zero attached hydrogens (tertiary/aromatic N) is 1. The van der Waals surface area contributed by atoms with Crippen molar-refractivity contribution in [1.29, 1.82) is 0 Å². The van der Waals surface area contributed by atoms with Gasteiger partial charge >= 0.3 is 0 Å². The summed E-state index contributed by atoms with van der Waals surface area (Å²) in [6, 6.07) is 16.1. The lowest BCUT2D eigenvalue weighted by Crippen LogP contribution is -2.19. The topological polar surface area (TPSA) is 78.8 Å². The van der Waals surface area contributed by atoms with Crippen LogP contribution in [0.1, 0.15) is 16.7 Å². The summed E-state index contributed by atoms with van der Waals surface area (Å²) in [6.45, 7) is 3.56. The Morgan fingerprint density at radius 2 is 1.80 bits per heavy atom. The highest BCUT2D eigenvalue weighted by atomic mass is 32.2. The van der Waals surface area contributed by atoms with Gasteiger partial charge in [0.2, 0.25) is 0 Å². The number of aromatic hydroxyl groups is 1. The number of aryl methyl sites for hydroxylation is 2. The fraction of sp³-hybridized carbons (Fsp3) is 0.105. The van der Waals surface area contributed by atoms with Crippen LogP contribution in [-0.2, 0) is 10.0 Å². The number of phenols is 1. The average molecular weight is 354 g/mol. The van der Waals surface area contributed by atoms with Gasteiger partial charge in [0.1, 0.15) is 5.75 Å².